The van der Waals surface area contributed by atoms with Crippen LogP contribution in [0.15, 0.2) is 45.8 Å². The molecule has 2 aromatic rings. The van der Waals surface area contributed by atoms with E-state index in [1.54, 1.807) is 6.07 Å². The van der Waals surface area contributed by atoms with Crippen LogP contribution < -0.4 is 5.32 Å². The normalized spacial score (nSPS) is 10.5. The SMILES string of the molecule is Cc1cc(NC(=O)CSc2ccc(F)c(F)c2)ccc1Br. The second-order valence-corrected chi connectivity index (χ2v) is 6.28. The summed E-state index contributed by atoms with van der Waals surface area (Å²) in [5.41, 5.74) is 1.72. The van der Waals surface area contributed by atoms with Gasteiger partial charge in [-0.2, -0.15) is 0 Å². The molecule has 110 valence electrons. The molecule has 0 aromatic heterocycles. The van der Waals surface area contributed by atoms with Gasteiger partial charge in [-0.05, 0) is 48.9 Å². The number of benzene rings is 2. The fraction of sp³-hybridized carbons (Fsp3) is 0.133. The number of halogens is 3. The van der Waals surface area contributed by atoms with E-state index in [4.69, 9.17) is 0 Å². The Balaban J connectivity index is 1.92. The van der Waals surface area contributed by atoms with Gasteiger partial charge >= 0.3 is 0 Å². The maximum absolute atomic E-state index is 13.0. The zero-order valence-corrected chi connectivity index (χ0v) is 13.5. The van der Waals surface area contributed by atoms with Crippen LogP contribution in [0.3, 0.4) is 0 Å². The van der Waals surface area contributed by atoms with Crippen molar-refractivity contribution in [2.24, 2.45) is 0 Å². The summed E-state index contributed by atoms with van der Waals surface area (Å²) in [5, 5.41) is 2.76. The molecule has 2 rings (SSSR count). The highest BCUT2D eigenvalue weighted by Gasteiger charge is 2.07. The Labute approximate surface area is 134 Å². The van der Waals surface area contributed by atoms with Crippen molar-refractivity contribution < 1.29 is 13.6 Å². The van der Waals surface area contributed by atoms with Crippen LogP contribution in [-0.4, -0.2) is 11.7 Å². The predicted octanol–water partition coefficient (Wildman–Crippen LogP) is 4.77. The number of aryl methyl sites for hydroxylation is 1. The minimum absolute atomic E-state index is 0.125. The van der Waals surface area contributed by atoms with Crippen LogP contribution in [-0.2, 0) is 4.79 Å². The summed E-state index contributed by atoms with van der Waals surface area (Å²) < 4.78 is 26.8. The molecule has 0 saturated heterocycles. The average molecular weight is 372 g/mol. The quantitative estimate of drug-likeness (QED) is 0.784. The van der Waals surface area contributed by atoms with Gasteiger partial charge < -0.3 is 5.32 Å². The number of rotatable bonds is 4. The first-order valence-electron chi connectivity index (χ1n) is 6.09. The minimum Gasteiger partial charge on any atom is -0.325 e. The molecule has 0 unspecified atom stereocenters. The summed E-state index contributed by atoms with van der Waals surface area (Å²) >= 11 is 4.54. The van der Waals surface area contributed by atoms with Crippen LogP contribution in [0.25, 0.3) is 0 Å². The summed E-state index contributed by atoms with van der Waals surface area (Å²) in [5.74, 6) is -1.88. The number of hydrogen-bond acceptors (Lipinski definition) is 2. The second kappa shape index (κ2) is 7.04. The lowest BCUT2D eigenvalue weighted by Gasteiger charge is -2.07. The molecule has 0 fully saturated rings. The van der Waals surface area contributed by atoms with E-state index in [9.17, 15) is 13.6 Å². The molecule has 0 heterocycles. The Bertz CT molecular complexity index is 679. The average Bonchev–Trinajstić information content (AvgIpc) is 2.44. The van der Waals surface area contributed by atoms with Crippen molar-refractivity contribution in [1.82, 2.24) is 0 Å². The van der Waals surface area contributed by atoms with Gasteiger partial charge in [0.15, 0.2) is 11.6 Å². The van der Waals surface area contributed by atoms with Gasteiger partial charge in [-0.15, -0.1) is 11.8 Å². The van der Waals surface area contributed by atoms with Crippen molar-refractivity contribution in [3.8, 4) is 0 Å². The Morgan fingerprint density at radius 3 is 2.62 bits per heavy atom. The fourth-order valence-corrected chi connectivity index (χ4v) is 2.60. The van der Waals surface area contributed by atoms with Gasteiger partial charge in [0.1, 0.15) is 0 Å². The first kappa shape index (κ1) is 16.0. The molecule has 21 heavy (non-hydrogen) atoms. The number of carbonyl (C=O) groups excluding carboxylic acids is 1. The molecule has 0 spiro atoms. The molecule has 6 heteroatoms. The van der Waals surface area contributed by atoms with Crippen LogP contribution in [0.1, 0.15) is 5.56 Å². The molecule has 1 amide bonds. The fourth-order valence-electron chi connectivity index (χ4n) is 1.64. The molecule has 0 aliphatic carbocycles. The molecular weight excluding hydrogens is 360 g/mol. The molecule has 0 aliphatic rings. The zero-order chi connectivity index (χ0) is 15.4. The highest BCUT2D eigenvalue weighted by molar-refractivity contribution is 9.10. The van der Waals surface area contributed by atoms with E-state index in [-0.39, 0.29) is 11.7 Å². The van der Waals surface area contributed by atoms with Gasteiger partial charge in [0.25, 0.3) is 0 Å². The van der Waals surface area contributed by atoms with Gasteiger partial charge in [0.2, 0.25) is 5.91 Å². The number of anilines is 1. The highest BCUT2D eigenvalue weighted by Crippen LogP contribution is 2.22. The minimum atomic E-state index is -0.913. The van der Waals surface area contributed by atoms with Crippen LogP contribution >= 0.6 is 27.7 Å². The van der Waals surface area contributed by atoms with Gasteiger partial charge in [0, 0.05) is 15.1 Å². The van der Waals surface area contributed by atoms with E-state index in [1.165, 1.54) is 6.07 Å². The molecular formula is C15H12BrF2NOS. The lowest BCUT2D eigenvalue weighted by Crippen LogP contribution is -2.14. The third kappa shape index (κ3) is 4.54. The summed E-state index contributed by atoms with van der Waals surface area (Å²) in [7, 11) is 0. The number of hydrogen-bond donors (Lipinski definition) is 1. The Morgan fingerprint density at radius 1 is 1.19 bits per heavy atom. The Hall–Kier alpha value is -1.40. The molecule has 0 bridgehead atoms. The smallest absolute Gasteiger partial charge is 0.234 e. The van der Waals surface area contributed by atoms with E-state index >= 15 is 0 Å². The second-order valence-electron chi connectivity index (χ2n) is 4.38. The van der Waals surface area contributed by atoms with Crippen molar-refractivity contribution in [2.45, 2.75) is 11.8 Å². The van der Waals surface area contributed by atoms with Gasteiger partial charge in [0.05, 0.1) is 5.75 Å². The molecule has 0 radical (unpaired) electrons. The summed E-state index contributed by atoms with van der Waals surface area (Å²) in [6.07, 6.45) is 0. The first-order valence-corrected chi connectivity index (χ1v) is 7.87. The lowest BCUT2D eigenvalue weighted by molar-refractivity contribution is -0.113. The summed E-state index contributed by atoms with van der Waals surface area (Å²) in [6, 6.07) is 9.07. The number of amides is 1. The first-order chi connectivity index (χ1) is 9.95. The maximum atomic E-state index is 13.0. The topological polar surface area (TPSA) is 29.1 Å². The predicted molar refractivity (Wildman–Crippen MR) is 84.6 cm³/mol. The molecule has 2 nitrogen and oxygen atoms in total. The molecule has 0 atom stereocenters. The molecule has 2 aromatic carbocycles. The molecule has 0 aliphatic heterocycles. The standard InChI is InChI=1S/C15H12BrF2NOS/c1-9-6-10(2-4-12(9)16)19-15(20)8-21-11-3-5-13(17)14(18)7-11/h2-7H,8H2,1H3,(H,19,20). The van der Waals surface area contributed by atoms with E-state index in [2.05, 4.69) is 21.2 Å². The van der Waals surface area contributed by atoms with Crippen molar-refractivity contribution in [3.63, 3.8) is 0 Å². The van der Waals surface area contributed by atoms with E-state index in [1.807, 2.05) is 19.1 Å². The largest absolute Gasteiger partial charge is 0.325 e. The third-order valence-corrected chi connectivity index (χ3v) is 4.59. The number of nitrogens with one attached hydrogen (secondary N) is 1. The maximum Gasteiger partial charge on any atom is 0.234 e. The number of carbonyl (C=O) groups is 1. The summed E-state index contributed by atoms with van der Waals surface area (Å²) in [4.78, 5) is 12.3. The monoisotopic (exact) mass is 371 g/mol. The Morgan fingerprint density at radius 2 is 1.95 bits per heavy atom. The third-order valence-electron chi connectivity index (χ3n) is 2.70. The van der Waals surface area contributed by atoms with Gasteiger partial charge in [-0.1, -0.05) is 15.9 Å². The van der Waals surface area contributed by atoms with E-state index in [0.717, 1.165) is 33.9 Å². The van der Waals surface area contributed by atoms with Crippen LogP contribution in [0, 0.1) is 18.6 Å². The van der Waals surface area contributed by atoms with E-state index < -0.39 is 11.6 Å². The molecule has 0 saturated carbocycles. The van der Waals surface area contributed by atoms with Crippen LogP contribution in [0.4, 0.5) is 14.5 Å². The van der Waals surface area contributed by atoms with Crippen molar-refractivity contribution in [1.29, 1.82) is 0 Å². The van der Waals surface area contributed by atoms with Crippen LogP contribution in [0.2, 0.25) is 0 Å². The zero-order valence-electron chi connectivity index (χ0n) is 11.1. The highest BCUT2D eigenvalue weighted by atomic mass is 79.9. The lowest BCUT2D eigenvalue weighted by atomic mass is 10.2. The molecule has 1 N–H and O–H groups in total. The Kier molecular flexibility index (Phi) is 5.36. The van der Waals surface area contributed by atoms with Crippen molar-refractivity contribution >= 4 is 39.3 Å². The summed E-state index contributed by atoms with van der Waals surface area (Å²) in [6.45, 7) is 1.93. The van der Waals surface area contributed by atoms with Gasteiger partial charge in [-0.25, -0.2) is 8.78 Å². The van der Waals surface area contributed by atoms with Crippen molar-refractivity contribution in [2.75, 3.05) is 11.1 Å². The van der Waals surface area contributed by atoms with E-state index in [0.29, 0.717) is 10.6 Å². The van der Waals surface area contributed by atoms with Crippen LogP contribution in [0.5, 0.6) is 0 Å². The van der Waals surface area contributed by atoms with Gasteiger partial charge in [-0.3, -0.25) is 4.79 Å². The van der Waals surface area contributed by atoms with Crippen molar-refractivity contribution in [3.05, 3.63) is 58.1 Å². The number of thioether (sulfide) groups is 1.